The predicted octanol–water partition coefficient (Wildman–Crippen LogP) is 4.92. The van der Waals surface area contributed by atoms with Crippen LogP contribution in [0.5, 0.6) is 11.5 Å². The van der Waals surface area contributed by atoms with Crippen molar-refractivity contribution in [3.63, 3.8) is 0 Å². The smallest absolute Gasteiger partial charge is 0.146 e. The number of fused-ring (bicyclic) bond motifs is 1. The maximum Gasteiger partial charge on any atom is 0.146 e. The molecule has 3 rings (SSSR count). The molecule has 0 amide bonds. The van der Waals surface area contributed by atoms with Gasteiger partial charge in [0.1, 0.15) is 16.5 Å². The van der Waals surface area contributed by atoms with Crippen LogP contribution in [0.15, 0.2) is 60.7 Å². The second-order valence-electron chi connectivity index (χ2n) is 4.55. The Morgan fingerprint density at radius 3 is 2.24 bits per heavy atom. The maximum atomic E-state index is 6.14. The Morgan fingerprint density at radius 1 is 0.857 bits per heavy atom. The van der Waals surface area contributed by atoms with Gasteiger partial charge in [0.25, 0.3) is 0 Å². The zero-order valence-electron chi connectivity index (χ0n) is 11.0. The van der Waals surface area contributed by atoms with Gasteiger partial charge in [-0.25, -0.2) is 0 Å². The molecule has 21 heavy (non-hydrogen) atoms. The van der Waals surface area contributed by atoms with Gasteiger partial charge in [-0.2, -0.15) is 0 Å². The summed E-state index contributed by atoms with van der Waals surface area (Å²) in [4.78, 5) is 0.371. The number of nitrogens with two attached hydrogens (primary N) is 1. The van der Waals surface area contributed by atoms with Gasteiger partial charge in [-0.1, -0.05) is 60.2 Å². The number of hydrogen-bond donors (Lipinski definition) is 1. The minimum Gasteiger partial charge on any atom is -0.455 e. The molecule has 0 fully saturated rings. The van der Waals surface area contributed by atoms with Crippen molar-refractivity contribution < 1.29 is 4.74 Å². The van der Waals surface area contributed by atoms with Crippen molar-refractivity contribution in [2.24, 2.45) is 5.73 Å². The van der Waals surface area contributed by atoms with Gasteiger partial charge >= 0.3 is 0 Å². The van der Waals surface area contributed by atoms with Crippen molar-refractivity contribution >= 4 is 39.6 Å². The van der Waals surface area contributed by atoms with Gasteiger partial charge in [0.2, 0.25) is 0 Å². The van der Waals surface area contributed by atoms with E-state index in [1.54, 1.807) is 6.07 Å². The van der Waals surface area contributed by atoms with E-state index in [2.05, 4.69) is 0 Å². The Balaban J connectivity index is 2.14. The molecule has 2 nitrogen and oxygen atoms in total. The lowest BCUT2D eigenvalue weighted by Crippen LogP contribution is -2.09. The van der Waals surface area contributed by atoms with E-state index in [4.69, 9.17) is 34.3 Å². The van der Waals surface area contributed by atoms with Gasteiger partial charge in [0.05, 0.1) is 5.02 Å². The van der Waals surface area contributed by atoms with E-state index in [1.807, 2.05) is 54.6 Å². The molecular weight excluding hydrogens is 302 g/mol. The van der Waals surface area contributed by atoms with E-state index >= 15 is 0 Å². The molecule has 0 unspecified atom stereocenters. The van der Waals surface area contributed by atoms with Gasteiger partial charge in [-0.3, -0.25) is 0 Å². The number of benzene rings is 3. The largest absolute Gasteiger partial charge is 0.455 e. The maximum absolute atomic E-state index is 6.14. The van der Waals surface area contributed by atoms with E-state index in [1.165, 1.54) is 0 Å². The zero-order valence-corrected chi connectivity index (χ0v) is 12.6. The van der Waals surface area contributed by atoms with Crippen LogP contribution in [0, 0.1) is 0 Å². The summed E-state index contributed by atoms with van der Waals surface area (Å²) in [5.74, 6) is 1.34. The molecular formula is C17H12ClNOS. The average molecular weight is 314 g/mol. The fourth-order valence-electron chi connectivity index (χ4n) is 2.22. The molecule has 0 heterocycles. The summed E-state index contributed by atoms with van der Waals surface area (Å²) < 4.78 is 5.94. The highest BCUT2D eigenvalue weighted by Gasteiger charge is 2.10. The second-order valence-corrected chi connectivity index (χ2v) is 5.40. The Kier molecular flexibility index (Phi) is 3.78. The standard InChI is InChI=1S/C17H12ClNOS/c18-14-7-3-4-8-16(14)20-15-10-9-13(17(19)21)11-5-1-2-6-12(11)15/h1-10H,(H2,19,21). The normalized spacial score (nSPS) is 10.5. The molecule has 0 atom stereocenters. The molecule has 2 N–H and O–H groups in total. The van der Waals surface area contributed by atoms with Gasteiger partial charge < -0.3 is 10.5 Å². The van der Waals surface area contributed by atoms with Crippen molar-refractivity contribution in [1.29, 1.82) is 0 Å². The van der Waals surface area contributed by atoms with E-state index in [0.717, 1.165) is 22.1 Å². The zero-order chi connectivity index (χ0) is 14.8. The first kappa shape index (κ1) is 13.9. The first-order valence-corrected chi connectivity index (χ1v) is 7.19. The minimum absolute atomic E-state index is 0.371. The minimum atomic E-state index is 0.371. The van der Waals surface area contributed by atoms with Crippen LogP contribution in [0.2, 0.25) is 5.02 Å². The summed E-state index contributed by atoms with van der Waals surface area (Å²) >= 11 is 11.2. The Morgan fingerprint density at radius 2 is 1.52 bits per heavy atom. The van der Waals surface area contributed by atoms with Crippen LogP contribution in [-0.4, -0.2) is 4.99 Å². The van der Waals surface area contributed by atoms with E-state index < -0.39 is 0 Å². The third-order valence-corrected chi connectivity index (χ3v) is 3.74. The number of hydrogen-bond acceptors (Lipinski definition) is 2. The number of rotatable bonds is 3. The first-order chi connectivity index (χ1) is 10.2. The number of thiocarbonyl (C=S) groups is 1. The lowest BCUT2D eigenvalue weighted by atomic mass is 10.0. The van der Waals surface area contributed by atoms with Crippen LogP contribution >= 0.6 is 23.8 Å². The number of ether oxygens (including phenoxy) is 1. The average Bonchev–Trinajstić information content (AvgIpc) is 2.49. The van der Waals surface area contributed by atoms with Crippen LogP contribution in [0.1, 0.15) is 5.56 Å². The molecule has 0 aromatic heterocycles. The molecule has 0 aliphatic carbocycles. The fourth-order valence-corrected chi connectivity index (χ4v) is 2.57. The lowest BCUT2D eigenvalue weighted by molar-refractivity contribution is 0.488. The third-order valence-electron chi connectivity index (χ3n) is 3.21. The summed E-state index contributed by atoms with van der Waals surface area (Å²) in [7, 11) is 0. The molecule has 3 aromatic carbocycles. The van der Waals surface area contributed by atoms with Gasteiger partial charge in [-0.15, -0.1) is 0 Å². The topological polar surface area (TPSA) is 35.2 Å². The van der Waals surface area contributed by atoms with Crippen molar-refractivity contribution in [3.05, 3.63) is 71.2 Å². The summed E-state index contributed by atoms with van der Waals surface area (Å²) in [6.07, 6.45) is 0. The highest BCUT2D eigenvalue weighted by Crippen LogP contribution is 2.34. The third kappa shape index (κ3) is 2.71. The Bertz CT molecular complexity index is 832. The molecule has 0 spiro atoms. The van der Waals surface area contributed by atoms with E-state index in [0.29, 0.717) is 15.8 Å². The number of halogens is 1. The quantitative estimate of drug-likeness (QED) is 0.697. The molecule has 0 aliphatic heterocycles. The van der Waals surface area contributed by atoms with Crippen LogP contribution < -0.4 is 10.5 Å². The molecule has 3 aromatic rings. The van der Waals surface area contributed by atoms with Gasteiger partial charge in [0.15, 0.2) is 0 Å². The van der Waals surface area contributed by atoms with Crippen LogP contribution in [0.3, 0.4) is 0 Å². The number of para-hydroxylation sites is 1. The lowest BCUT2D eigenvalue weighted by Gasteiger charge is -2.12. The first-order valence-electron chi connectivity index (χ1n) is 6.41. The monoisotopic (exact) mass is 313 g/mol. The van der Waals surface area contributed by atoms with Gasteiger partial charge in [-0.05, 0) is 29.7 Å². The van der Waals surface area contributed by atoms with Crippen molar-refractivity contribution in [2.45, 2.75) is 0 Å². The van der Waals surface area contributed by atoms with Crippen LogP contribution in [-0.2, 0) is 0 Å². The molecule has 0 radical (unpaired) electrons. The van der Waals surface area contributed by atoms with Crippen molar-refractivity contribution in [2.75, 3.05) is 0 Å². The highest BCUT2D eigenvalue weighted by atomic mass is 35.5. The SMILES string of the molecule is NC(=S)c1ccc(Oc2ccccc2Cl)c2ccccc12. The van der Waals surface area contributed by atoms with Crippen LogP contribution in [0.25, 0.3) is 10.8 Å². The Hall–Kier alpha value is -2.10. The van der Waals surface area contributed by atoms with Crippen LogP contribution in [0.4, 0.5) is 0 Å². The van der Waals surface area contributed by atoms with E-state index in [9.17, 15) is 0 Å². The summed E-state index contributed by atoms with van der Waals surface area (Å²) in [6.45, 7) is 0. The second kappa shape index (κ2) is 5.72. The highest BCUT2D eigenvalue weighted by molar-refractivity contribution is 7.80. The summed E-state index contributed by atoms with van der Waals surface area (Å²) in [5.41, 5.74) is 6.62. The summed E-state index contributed by atoms with van der Waals surface area (Å²) in [5, 5.41) is 2.48. The molecule has 0 bridgehead atoms. The van der Waals surface area contributed by atoms with Crippen molar-refractivity contribution in [3.8, 4) is 11.5 Å². The Labute approximate surface area is 133 Å². The fraction of sp³-hybridized carbons (Fsp3) is 0. The van der Waals surface area contributed by atoms with E-state index in [-0.39, 0.29) is 0 Å². The molecule has 4 heteroatoms. The summed E-state index contributed by atoms with van der Waals surface area (Å²) in [6, 6.07) is 19.0. The molecule has 0 saturated carbocycles. The molecule has 0 aliphatic rings. The van der Waals surface area contributed by atoms with Gasteiger partial charge in [0, 0.05) is 10.9 Å². The van der Waals surface area contributed by atoms with Crippen molar-refractivity contribution in [1.82, 2.24) is 0 Å². The predicted molar refractivity (Wildman–Crippen MR) is 91.4 cm³/mol. The molecule has 0 saturated heterocycles. The molecule has 104 valence electrons.